The van der Waals surface area contributed by atoms with Crippen molar-refractivity contribution in [2.75, 3.05) is 6.61 Å². The Kier molecular flexibility index (Phi) is 3.84. The van der Waals surface area contributed by atoms with Crippen LogP contribution in [0.5, 0.6) is 0 Å². The van der Waals surface area contributed by atoms with E-state index in [1.54, 1.807) is 18.2 Å². The van der Waals surface area contributed by atoms with Gasteiger partial charge in [-0.3, -0.25) is 4.79 Å². The predicted octanol–water partition coefficient (Wildman–Crippen LogP) is 1.72. The number of amides is 1. The second-order valence-corrected chi connectivity index (χ2v) is 4.50. The number of imidazole rings is 1. The predicted molar refractivity (Wildman–Crippen MR) is 69.7 cm³/mol. The molecule has 6 heteroatoms. The molecule has 1 aromatic carbocycles. The first-order valence-corrected chi connectivity index (χ1v) is 6.05. The third-order valence-electron chi connectivity index (χ3n) is 2.65. The molecule has 18 heavy (non-hydrogen) atoms. The van der Waals surface area contributed by atoms with Crippen molar-refractivity contribution >= 4 is 28.5 Å². The SMILES string of the molecule is CC(CCO)NC(=O)c1ccc2nc(Cl)[nH]c2c1. The summed E-state index contributed by atoms with van der Waals surface area (Å²) in [6.07, 6.45) is 0.532. The zero-order valence-corrected chi connectivity index (χ0v) is 10.7. The summed E-state index contributed by atoms with van der Waals surface area (Å²) >= 11 is 5.75. The Balaban J connectivity index is 2.17. The maximum absolute atomic E-state index is 11.9. The second kappa shape index (κ2) is 5.37. The van der Waals surface area contributed by atoms with E-state index in [4.69, 9.17) is 16.7 Å². The van der Waals surface area contributed by atoms with Gasteiger partial charge in [0.05, 0.1) is 11.0 Å². The lowest BCUT2D eigenvalue weighted by atomic mass is 10.1. The molecule has 0 spiro atoms. The molecule has 2 rings (SSSR count). The summed E-state index contributed by atoms with van der Waals surface area (Å²) in [5, 5.41) is 11.9. The van der Waals surface area contributed by atoms with Crippen molar-refractivity contribution < 1.29 is 9.90 Å². The summed E-state index contributed by atoms with van der Waals surface area (Å²) in [7, 11) is 0. The molecular weight excluding hydrogens is 254 g/mol. The number of nitrogens with zero attached hydrogens (tertiary/aromatic N) is 1. The number of aromatic amines is 1. The van der Waals surface area contributed by atoms with Crippen molar-refractivity contribution in [2.45, 2.75) is 19.4 Å². The number of fused-ring (bicyclic) bond motifs is 1. The number of carbonyl (C=O) groups excluding carboxylic acids is 1. The number of nitrogens with one attached hydrogen (secondary N) is 2. The Hall–Kier alpha value is -1.59. The van der Waals surface area contributed by atoms with Gasteiger partial charge in [-0.15, -0.1) is 0 Å². The number of H-pyrrole nitrogens is 1. The molecule has 1 heterocycles. The highest BCUT2D eigenvalue weighted by Crippen LogP contribution is 2.16. The monoisotopic (exact) mass is 267 g/mol. The van der Waals surface area contributed by atoms with E-state index in [1.807, 2.05) is 6.92 Å². The number of hydrogen-bond donors (Lipinski definition) is 3. The number of halogens is 1. The quantitative estimate of drug-likeness (QED) is 0.789. The molecule has 1 amide bonds. The standard InChI is InChI=1S/C12H14ClN3O2/c1-7(4-5-17)14-11(18)8-2-3-9-10(6-8)16-12(13)15-9/h2-3,6-7,17H,4-5H2,1H3,(H,14,18)(H,15,16). The minimum Gasteiger partial charge on any atom is -0.396 e. The van der Waals surface area contributed by atoms with Crippen LogP contribution in [-0.2, 0) is 0 Å². The number of rotatable bonds is 4. The number of aromatic nitrogens is 2. The first-order chi connectivity index (χ1) is 8.60. The summed E-state index contributed by atoms with van der Waals surface area (Å²) < 4.78 is 0. The van der Waals surface area contributed by atoms with E-state index in [2.05, 4.69) is 15.3 Å². The largest absolute Gasteiger partial charge is 0.396 e. The van der Waals surface area contributed by atoms with Gasteiger partial charge in [0, 0.05) is 18.2 Å². The molecule has 3 N–H and O–H groups in total. The van der Waals surface area contributed by atoms with Crippen molar-refractivity contribution in [1.82, 2.24) is 15.3 Å². The molecule has 0 saturated carbocycles. The van der Waals surface area contributed by atoms with E-state index in [0.717, 1.165) is 11.0 Å². The summed E-state index contributed by atoms with van der Waals surface area (Å²) in [4.78, 5) is 18.8. The van der Waals surface area contributed by atoms with Crippen LogP contribution in [0, 0.1) is 0 Å². The normalized spacial score (nSPS) is 12.6. The van der Waals surface area contributed by atoms with Crippen LogP contribution in [0.3, 0.4) is 0 Å². The van der Waals surface area contributed by atoms with E-state index in [0.29, 0.717) is 17.3 Å². The lowest BCUT2D eigenvalue weighted by molar-refractivity contribution is 0.0934. The van der Waals surface area contributed by atoms with Crippen molar-refractivity contribution in [2.24, 2.45) is 0 Å². The molecule has 0 aliphatic rings. The number of hydrogen-bond acceptors (Lipinski definition) is 3. The van der Waals surface area contributed by atoms with Crippen LogP contribution in [0.4, 0.5) is 0 Å². The Morgan fingerprint density at radius 3 is 3.11 bits per heavy atom. The molecule has 5 nitrogen and oxygen atoms in total. The molecule has 0 radical (unpaired) electrons. The third-order valence-corrected chi connectivity index (χ3v) is 2.83. The number of aliphatic hydroxyl groups is 1. The Morgan fingerprint density at radius 2 is 2.39 bits per heavy atom. The Bertz CT molecular complexity index is 567. The van der Waals surface area contributed by atoms with Gasteiger partial charge in [0.25, 0.3) is 5.91 Å². The lowest BCUT2D eigenvalue weighted by Gasteiger charge is -2.12. The van der Waals surface area contributed by atoms with Crippen LogP contribution in [0.25, 0.3) is 11.0 Å². The van der Waals surface area contributed by atoms with Gasteiger partial charge in [0.15, 0.2) is 0 Å². The summed E-state index contributed by atoms with van der Waals surface area (Å²) in [5.74, 6) is -0.177. The molecule has 1 aromatic heterocycles. The summed E-state index contributed by atoms with van der Waals surface area (Å²) in [5.41, 5.74) is 1.98. The van der Waals surface area contributed by atoms with E-state index >= 15 is 0 Å². The zero-order valence-electron chi connectivity index (χ0n) is 9.90. The van der Waals surface area contributed by atoms with Crippen LogP contribution in [-0.4, -0.2) is 33.6 Å². The van der Waals surface area contributed by atoms with Crippen LogP contribution in [0.1, 0.15) is 23.7 Å². The lowest BCUT2D eigenvalue weighted by Crippen LogP contribution is -2.33. The van der Waals surface area contributed by atoms with Gasteiger partial charge in [-0.05, 0) is 43.1 Å². The Morgan fingerprint density at radius 1 is 1.61 bits per heavy atom. The topological polar surface area (TPSA) is 78.0 Å². The van der Waals surface area contributed by atoms with Crippen molar-refractivity contribution in [3.8, 4) is 0 Å². The first kappa shape index (κ1) is 12.9. The minimum atomic E-state index is -0.177. The Labute approximate surface area is 109 Å². The van der Waals surface area contributed by atoms with Gasteiger partial charge in [0.2, 0.25) is 5.28 Å². The molecule has 0 bridgehead atoms. The van der Waals surface area contributed by atoms with Gasteiger partial charge < -0.3 is 15.4 Å². The molecule has 0 fully saturated rings. The van der Waals surface area contributed by atoms with Crippen molar-refractivity contribution in [1.29, 1.82) is 0 Å². The maximum atomic E-state index is 11.9. The van der Waals surface area contributed by atoms with Crippen LogP contribution >= 0.6 is 11.6 Å². The average Bonchev–Trinajstić information content (AvgIpc) is 2.68. The van der Waals surface area contributed by atoms with Crippen LogP contribution in [0.2, 0.25) is 5.28 Å². The second-order valence-electron chi connectivity index (χ2n) is 4.15. The third kappa shape index (κ3) is 2.80. The summed E-state index contributed by atoms with van der Waals surface area (Å²) in [6, 6.07) is 5.07. The zero-order chi connectivity index (χ0) is 13.1. The number of aliphatic hydroxyl groups excluding tert-OH is 1. The molecule has 2 aromatic rings. The molecule has 96 valence electrons. The van der Waals surface area contributed by atoms with E-state index in [-0.39, 0.29) is 18.6 Å². The van der Waals surface area contributed by atoms with Gasteiger partial charge in [0.1, 0.15) is 0 Å². The maximum Gasteiger partial charge on any atom is 0.251 e. The molecule has 1 atom stereocenters. The van der Waals surface area contributed by atoms with Crippen molar-refractivity contribution in [3.05, 3.63) is 29.0 Å². The van der Waals surface area contributed by atoms with Gasteiger partial charge in [-0.2, -0.15) is 0 Å². The van der Waals surface area contributed by atoms with E-state index < -0.39 is 0 Å². The number of carbonyl (C=O) groups is 1. The average molecular weight is 268 g/mol. The minimum absolute atomic E-state index is 0.0522. The molecule has 1 unspecified atom stereocenters. The highest BCUT2D eigenvalue weighted by atomic mass is 35.5. The smallest absolute Gasteiger partial charge is 0.251 e. The first-order valence-electron chi connectivity index (χ1n) is 5.67. The van der Waals surface area contributed by atoms with E-state index in [1.165, 1.54) is 0 Å². The van der Waals surface area contributed by atoms with Gasteiger partial charge >= 0.3 is 0 Å². The number of benzene rings is 1. The molecule has 0 aliphatic heterocycles. The van der Waals surface area contributed by atoms with Gasteiger partial charge in [-0.25, -0.2) is 4.98 Å². The highest BCUT2D eigenvalue weighted by molar-refractivity contribution is 6.29. The molecule has 0 saturated heterocycles. The summed E-state index contributed by atoms with van der Waals surface area (Å²) in [6.45, 7) is 1.90. The fourth-order valence-electron chi connectivity index (χ4n) is 1.69. The van der Waals surface area contributed by atoms with Crippen molar-refractivity contribution in [3.63, 3.8) is 0 Å². The van der Waals surface area contributed by atoms with Crippen LogP contribution in [0.15, 0.2) is 18.2 Å². The fraction of sp³-hybridized carbons (Fsp3) is 0.333. The van der Waals surface area contributed by atoms with Crippen LogP contribution < -0.4 is 5.32 Å². The molecular formula is C12H14ClN3O2. The fourth-order valence-corrected chi connectivity index (χ4v) is 1.89. The molecule has 0 aliphatic carbocycles. The highest BCUT2D eigenvalue weighted by Gasteiger charge is 2.11. The van der Waals surface area contributed by atoms with E-state index in [9.17, 15) is 4.79 Å². The van der Waals surface area contributed by atoms with Gasteiger partial charge in [-0.1, -0.05) is 0 Å².